The second-order valence-corrected chi connectivity index (χ2v) is 8.14. The maximum Gasteiger partial charge on any atom is 0.321 e. The normalized spacial score (nSPS) is 15.0. The molecule has 0 unspecified atom stereocenters. The zero-order chi connectivity index (χ0) is 19.2. The molecule has 0 saturated carbocycles. The van der Waals surface area contributed by atoms with E-state index in [1.807, 2.05) is 32.7 Å². The Morgan fingerprint density at radius 1 is 1.08 bits per heavy atom. The van der Waals surface area contributed by atoms with Gasteiger partial charge in [0.2, 0.25) is 5.91 Å². The number of piperidine rings is 1. The molecule has 1 aromatic carbocycles. The first-order valence-electron chi connectivity index (χ1n) is 9.37. The van der Waals surface area contributed by atoms with Crippen LogP contribution in [0.15, 0.2) is 24.3 Å². The van der Waals surface area contributed by atoms with Crippen LogP contribution in [0.4, 0.5) is 10.5 Å². The molecule has 2 rings (SSSR count). The van der Waals surface area contributed by atoms with E-state index in [2.05, 4.69) is 39.8 Å². The predicted molar refractivity (Wildman–Crippen MR) is 105 cm³/mol. The summed E-state index contributed by atoms with van der Waals surface area (Å²) in [6.07, 6.45) is 3.86. The molecule has 0 aliphatic carbocycles. The molecule has 3 amide bonds. The minimum Gasteiger partial charge on any atom is -0.372 e. The van der Waals surface area contributed by atoms with Gasteiger partial charge in [0.1, 0.15) is 0 Å². The van der Waals surface area contributed by atoms with Crippen molar-refractivity contribution in [3.8, 4) is 0 Å². The number of urea groups is 1. The van der Waals surface area contributed by atoms with Gasteiger partial charge >= 0.3 is 6.03 Å². The molecule has 6 heteroatoms. The van der Waals surface area contributed by atoms with Gasteiger partial charge in [-0.25, -0.2) is 4.79 Å². The van der Waals surface area contributed by atoms with E-state index < -0.39 is 6.03 Å². The van der Waals surface area contributed by atoms with Crippen molar-refractivity contribution in [3.05, 3.63) is 29.8 Å². The lowest BCUT2D eigenvalue weighted by molar-refractivity contribution is -0.121. The molecule has 0 aromatic heterocycles. The van der Waals surface area contributed by atoms with E-state index >= 15 is 0 Å². The molecule has 1 heterocycles. The van der Waals surface area contributed by atoms with Crippen molar-refractivity contribution in [1.29, 1.82) is 0 Å². The van der Waals surface area contributed by atoms with E-state index in [0.29, 0.717) is 6.54 Å². The average molecular weight is 361 g/mol. The number of likely N-dealkylation sites (N-methyl/N-ethyl adjacent to an activating group) is 1. The molecule has 0 radical (unpaired) electrons. The Morgan fingerprint density at radius 2 is 1.69 bits per heavy atom. The zero-order valence-electron chi connectivity index (χ0n) is 16.5. The molecule has 0 spiro atoms. The summed E-state index contributed by atoms with van der Waals surface area (Å²) in [4.78, 5) is 28.0. The van der Waals surface area contributed by atoms with Crippen LogP contribution >= 0.6 is 0 Å². The number of anilines is 1. The lowest BCUT2D eigenvalue weighted by atomic mass is 10.1. The van der Waals surface area contributed by atoms with E-state index in [1.54, 1.807) is 0 Å². The lowest BCUT2D eigenvalue weighted by Crippen LogP contribution is -2.50. The summed E-state index contributed by atoms with van der Waals surface area (Å²) in [5, 5.41) is 5.08. The molecule has 26 heavy (non-hydrogen) atoms. The maximum atomic E-state index is 12.0. The zero-order valence-corrected chi connectivity index (χ0v) is 16.5. The number of nitrogens with one attached hydrogen (secondary N) is 2. The van der Waals surface area contributed by atoms with Crippen molar-refractivity contribution in [1.82, 2.24) is 15.5 Å². The molecule has 1 aliphatic heterocycles. The van der Waals surface area contributed by atoms with Gasteiger partial charge in [-0.3, -0.25) is 15.0 Å². The first-order chi connectivity index (χ1) is 12.2. The minimum atomic E-state index is -0.457. The second-order valence-electron chi connectivity index (χ2n) is 8.14. The molecule has 1 saturated heterocycles. The summed E-state index contributed by atoms with van der Waals surface area (Å²) in [7, 11) is 1.87. The van der Waals surface area contributed by atoms with E-state index in [4.69, 9.17) is 0 Å². The molecule has 0 bridgehead atoms. The number of hydrogen-bond acceptors (Lipinski definition) is 4. The smallest absolute Gasteiger partial charge is 0.321 e. The minimum absolute atomic E-state index is 0.172. The van der Waals surface area contributed by atoms with Gasteiger partial charge in [0.05, 0.1) is 6.54 Å². The average Bonchev–Trinajstić information content (AvgIpc) is 2.54. The molecular weight excluding hydrogens is 328 g/mol. The van der Waals surface area contributed by atoms with E-state index in [-0.39, 0.29) is 18.0 Å². The van der Waals surface area contributed by atoms with Crippen LogP contribution in [0.25, 0.3) is 0 Å². The van der Waals surface area contributed by atoms with Gasteiger partial charge in [0, 0.05) is 30.9 Å². The van der Waals surface area contributed by atoms with Crippen LogP contribution in [0, 0.1) is 0 Å². The highest BCUT2D eigenvalue weighted by atomic mass is 16.2. The summed E-state index contributed by atoms with van der Waals surface area (Å²) < 4.78 is 0. The third-order valence-corrected chi connectivity index (χ3v) is 4.27. The van der Waals surface area contributed by atoms with Gasteiger partial charge in [-0.15, -0.1) is 0 Å². The van der Waals surface area contributed by atoms with Crippen LogP contribution in [0.5, 0.6) is 0 Å². The number of carbonyl (C=O) groups excluding carboxylic acids is 2. The quantitative estimate of drug-likeness (QED) is 0.847. The Bertz CT molecular complexity index is 601. The van der Waals surface area contributed by atoms with Gasteiger partial charge in [-0.2, -0.15) is 0 Å². The number of benzene rings is 1. The molecule has 2 N–H and O–H groups in total. The summed E-state index contributed by atoms with van der Waals surface area (Å²) in [5.74, 6) is -0.306. The number of imide groups is 1. The number of carbonyl (C=O) groups is 2. The Hall–Kier alpha value is -2.08. The monoisotopic (exact) mass is 360 g/mol. The van der Waals surface area contributed by atoms with Gasteiger partial charge in [0.15, 0.2) is 0 Å². The topological polar surface area (TPSA) is 64.7 Å². The fourth-order valence-corrected chi connectivity index (χ4v) is 3.12. The van der Waals surface area contributed by atoms with Crippen molar-refractivity contribution in [2.24, 2.45) is 0 Å². The molecule has 1 aromatic rings. The highest BCUT2D eigenvalue weighted by Crippen LogP contribution is 2.20. The third-order valence-electron chi connectivity index (χ3n) is 4.27. The Kier molecular flexibility index (Phi) is 7.03. The number of amides is 3. The van der Waals surface area contributed by atoms with Crippen LogP contribution in [0.2, 0.25) is 0 Å². The molecule has 6 nitrogen and oxygen atoms in total. The highest BCUT2D eigenvalue weighted by molar-refractivity contribution is 5.95. The first kappa shape index (κ1) is 20.2. The SMILES string of the molecule is CN(CC(=O)NC(=O)NC(C)(C)C)Cc1ccc(N2CCCCC2)cc1. The van der Waals surface area contributed by atoms with Crippen LogP contribution in [0.1, 0.15) is 45.6 Å². The Labute approximate surface area is 156 Å². The summed E-state index contributed by atoms with van der Waals surface area (Å²) >= 11 is 0. The first-order valence-corrected chi connectivity index (χ1v) is 9.37. The van der Waals surface area contributed by atoms with Gasteiger partial charge < -0.3 is 10.2 Å². The molecule has 0 atom stereocenters. The number of hydrogen-bond donors (Lipinski definition) is 2. The third kappa shape index (κ3) is 7.04. The predicted octanol–water partition coefficient (Wildman–Crippen LogP) is 2.73. The standard InChI is InChI=1S/C20H32N4O2/c1-20(2,3)22-19(26)21-18(25)15-23(4)14-16-8-10-17(11-9-16)24-12-6-5-7-13-24/h8-11H,5-7,12-15H2,1-4H3,(H2,21,22,25,26). The second kappa shape index (κ2) is 9.03. The van der Waals surface area contributed by atoms with Crippen molar-refractivity contribution in [3.63, 3.8) is 0 Å². The van der Waals surface area contributed by atoms with Crippen molar-refractivity contribution >= 4 is 17.6 Å². The summed E-state index contributed by atoms with van der Waals surface area (Å²) in [6.45, 7) is 8.72. The fraction of sp³-hybridized carbons (Fsp3) is 0.600. The Balaban J connectivity index is 1.78. The molecule has 1 fully saturated rings. The van der Waals surface area contributed by atoms with Gasteiger partial charge in [-0.05, 0) is 64.8 Å². The summed E-state index contributed by atoms with van der Waals surface area (Å²) in [5.41, 5.74) is 2.06. The lowest BCUT2D eigenvalue weighted by Gasteiger charge is -2.29. The Morgan fingerprint density at radius 3 is 2.27 bits per heavy atom. The number of rotatable bonds is 5. The molecule has 144 valence electrons. The van der Waals surface area contributed by atoms with Crippen LogP contribution < -0.4 is 15.5 Å². The van der Waals surface area contributed by atoms with Crippen molar-refractivity contribution < 1.29 is 9.59 Å². The van der Waals surface area contributed by atoms with Crippen molar-refractivity contribution in [2.45, 2.75) is 52.1 Å². The van der Waals surface area contributed by atoms with Gasteiger partial charge in [-0.1, -0.05) is 12.1 Å². The van der Waals surface area contributed by atoms with Crippen molar-refractivity contribution in [2.75, 3.05) is 31.6 Å². The van der Waals surface area contributed by atoms with Crippen LogP contribution in [-0.4, -0.2) is 49.1 Å². The highest BCUT2D eigenvalue weighted by Gasteiger charge is 2.16. The summed E-state index contributed by atoms with van der Waals surface area (Å²) in [6, 6.07) is 8.09. The van der Waals surface area contributed by atoms with Crippen LogP contribution in [-0.2, 0) is 11.3 Å². The number of nitrogens with zero attached hydrogens (tertiary/aromatic N) is 2. The fourth-order valence-electron chi connectivity index (χ4n) is 3.12. The van der Waals surface area contributed by atoms with Crippen LogP contribution in [0.3, 0.4) is 0 Å². The molecule has 1 aliphatic rings. The van der Waals surface area contributed by atoms with Gasteiger partial charge in [0.25, 0.3) is 0 Å². The van der Waals surface area contributed by atoms with E-state index in [0.717, 1.165) is 18.7 Å². The largest absolute Gasteiger partial charge is 0.372 e. The maximum absolute atomic E-state index is 12.0. The van der Waals surface area contributed by atoms with E-state index in [9.17, 15) is 9.59 Å². The van der Waals surface area contributed by atoms with E-state index in [1.165, 1.54) is 24.9 Å². The molecular formula is C20H32N4O2.